The highest BCUT2D eigenvalue weighted by molar-refractivity contribution is 7.89. The fourth-order valence-corrected chi connectivity index (χ4v) is 4.90. The van der Waals surface area contributed by atoms with E-state index >= 15 is 0 Å². The number of piperidine rings is 1. The number of hydrogen-bond acceptors (Lipinski definition) is 5. The average molecular weight is 401 g/mol. The van der Waals surface area contributed by atoms with Crippen molar-refractivity contribution in [1.29, 1.82) is 5.26 Å². The maximum Gasteiger partial charge on any atom is 0.244 e. The Morgan fingerprint density at radius 2 is 2.04 bits per heavy atom. The van der Waals surface area contributed by atoms with E-state index in [1.54, 1.807) is 23.0 Å². The Balaban J connectivity index is 1.51. The second kappa shape index (κ2) is 8.54. The van der Waals surface area contributed by atoms with E-state index in [1.807, 2.05) is 19.2 Å². The highest BCUT2D eigenvalue weighted by Crippen LogP contribution is 2.25. The number of hydrogen-bond donors (Lipinski definition) is 1. The number of carbonyl (C=O) groups is 1. The second-order valence-corrected chi connectivity index (χ2v) is 8.88. The van der Waals surface area contributed by atoms with Gasteiger partial charge in [0, 0.05) is 25.8 Å². The largest absolute Gasteiger partial charge is 0.354 e. The fraction of sp³-hybridized carbons (Fsp3) is 0.421. The molecule has 1 aromatic carbocycles. The van der Waals surface area contributed by atoms with Crippen molar-refractivity contribution in [2.24, 2.45) is 5.92 Å². The Bertz CT molecular complexity index is 985. The van der Waals surface area contributed by atoms with Gasteiger partial charge in [0.1, 0.15) is 12.6 Å². The van der Waals surface area contributed by atoms with Crippen LogP contribution >= 0.6 is 0 Å². The van der Waals surface area contributed by atoms with Crippen molar-refractivity contribution in [3.05, 3.63) is 47.8 Å². The molecule has 28 heavy (non-hydrogen) atoms. The Morgan fingerprint density at radius 3 is 2.68 bits per heavy atom. The van der Waals surface area contributed by atoms with Crippen molar-refractivity contribution < 1.29 is 13.2 Å². The zero-order valence-electron chi connectivity index (χ0n) is 15.7. The van der Waals surface area contributed by atoms with Crippen LogP contribution in [0, 0.1) is 24.2 Å². The van der Waals surface area contributed by atoms with Gasteiger partial charge >= 0.3 is 0 Å². The Kier molecular flexibility index (Phi) is 6.11. The summed E-state index contributed by atoms with van der Waals surface area (Å²) in [5.41, 5.74) is 1.16. The number of nitrogens with zero attached hydrogens (tertiary/aromatic N) is 4. The van der Waals surface area contributed by atoms with Gasteiger partial charge in [-0.15, -0.1) is 0 Å². The molecule has 1 aliphatic heterocycles. The highest BCUT2D eigenvalue weighted by Gasteiger charge is 2.31. The molecule has 0 spiro atoms. The van der Waals surface area contributed by atoms with E-state index in [2.05, 4.69) is 10.4 Å². The van der Waals surface area contributed by atoms with E-state index in [9.17, 15) is 18.5 Å². The summed E-state index contributed by atoms with van der Waals surface area (Å²) in [4.78, 5) is 12.1. The number of aryl methyl sites for hydroxylation is 1. The Hall–Kier alpha value is -2.70. The van der Waals surface area contributed by atoms with E-state index in [0.29, 0.717) is 32.5 Å². The summed E-state index contributed by atoms with van der Waals surface area (Å²) < 4.78 is 28.7. The van der Waals surface area contributed by atoms with Crippen LogP contribution in [0.25, 0.3) is 0 Å². The molecular weight excluding hydrogens is 378 g/mol. The molecule has 1 N–H and O–H groups in total. The number of benzene rings is 1. The molecule has 2 aromatic rings. The summed E-state index contributed by atoms with van der Waals surface area (Å²) in [6.07, 6.45) is 4.83. The first kappa shape index (κ1) is 20.0. The molecule has 1 aromatic heterocycles. The predicted molar refractivity (Wildman–Crippen MR) is 103 cm³/mol. The van der Waals surface area contributed by atoms with Gasteiger partial charge in [0.25, 0.3) is 0 Å². The van der Waals surface area contributed by atoms with Gasteiger partial charge in [0.2, 0.25) is 15.9 Å². The first-order valence-corrected chi connectivity index (χ1v) is 10.6. The summed E-state index contributed by atoms with van der Waals surface area (Å²) >= 11 is 0. The predicted octanol–water partition coefficient (Wildman–Crippen LogP) is 1.28. The van der Waals surface area contributed by atoms with Crippen LogP contribution in [-0.4, -0.2) is 48.0 Å². The van der Waals surface area contributed by atoms with Gasteiger partial charge in [-0.3, -0.25) is 9.48 Å². The summed E-state index contributed by atoms with van der Waals surface area (Å²) in [5, 5.41) is 16.2. The van der Waals surface area contributed by atoms with Crippen molar-refractivity contribution >= 4 is 15.9 Å². The van der Waals surface area contributed by atoms with Crippen LogP contribution in [0.1, 0.15) is 24.0 Å². The lowest BCUT2D eigenvalue weighted by Crippen LogP contribution is -2.42. The molecule has 0 unspecified atom stereocenters. The summed E-state index contributed by atoms with van der Waals surface area (Å²) in [6.45, 7) is 3.36. The quantitative estimate of drug-likeness (QED) is 0.784. The molecule has 3 rings (SSSR count). The highest BCUT2D eigenvalue weighted by atomic mass is 32.2. The maximum absolute atomic E-state index is 12.8. The minimum absolute atomic E-state index is 0.0544. The second-order valence-electron chi connectivity index (χ2n) is 6.97. The van der Waals surface area contributed by atoms with Crippen molar-refractivity contribution in [1.82, 2.24) is 19.4 Å². The standard InChI is InChI=1S/C19H23N5O3S/c1-15-11-22-23(13-15)14-19(25)21-12-16-6-8-24(9-7-16)28(26,27)18-5-3-2-4-17(18)10-20/h2-5,11,13,16H,6-9,12,14H2,1H3,(H,21,25). The number of aromatic nitrogens is 2. The molecular formula is C19H23N5O3S. The Morgan fingerprint density at radius 1 is 1.32 bits per heavy atom. The maximum atomic E-state index is 12.8. The molecule has 1 amide bonds. The van der Waals surface area contributed by atoms with Crippen LogP contribution in [0.2, 0.25) is 0 Å². The van der Waals surface area contributed by atoms with Gasteiger partial charge in [-0.2, -0.15) is 14.7 Å². The molecule has 0 bridgehead atoms. The number of nitriles is 1. The van der Waals surface area contributed by atoms with Crippen LogP contribution in [0.4, 0.5) is 0 Å². The monoisotopic (exact) mass is 401 g/mol. The van der Waals surface area contributed by atoms with Gasteiger partial charge in [-0.05, 0) is 43.4 Å². The first-order chi connectivity index (χ1) is 13.4. The SMILES string of the molecule is Cc1cnn(CC(=O)NCC2CCN(S(=O)(=O)c3ccccc3C#N)CC2)c1. The summed E-state index contributed by atoms with van der Waals surface area (Å²) in [6, 6.07) is 8.19. The lowest BCUT2D eigenvalue weighted by atomic mass is 9.98. The lowest BCUT2D eigenvalue weighted by molar-refractivity contribution is -0.122. The molecule has 0 saturated carbocycles. The first-order valence-electron chi connectivity index (χ1n) is 9.15. The third kappa shape index (κ3) is 4.58. The third-order valence-electron chi connectivity index (χ3n) is 4.85. The minimum atomic E-state index is -3.69. The zero-order valence-corrected chi connectivity index (χ0v) is 16.5. The van der Waals surface area contributed by atoms with E-state index in [4.69, 9.17) is 0 Å². The molecule has 9 heteroatoms. The summed E-state index contributed by atoms with van der Waals surface area (Å²) in [5.74, 6) is 0.113. The van der Waals surface area contributed by atoms with Crippen molar-refractivity contribution in [3.63, 3.8) is 0 Å². The topological polar surface area (TPSA) is 108 Å². The van der Waals surface area contributed by atoms with Crippen molar-refractivity contribution in [3.8, 4) is 6.07 Å². The number of carbonyl (C=O) groups excluding carboxylic acids is 1. The molecule has 2 heterocycles. The number of amides is 1. The van der Waals surface area contributed by atoms with Gasteiger partial charge < -0.3 is 5.32 Å². The fourth-order valence-electron chi connectivity index (χ4n) is 3.29. The smallest absolute Gasteiger partial charge is 0.244 e. The third-order valence-corrected chi connectivity index (χ3v) is 6.81. The molecule has 8 nitrogen and oxygen atoms in total. The normalized spacial score (nSPS) is 15.9. The van der Waals surface area contributed by atoms with Crippen LogP contribution < -0.4 is 5.32 Å². The van der Waals surface area contributed by atoms with Crippen LogP contribution in [0.3, 0.4) is 0 Å². The van der Waals surface area contributed by atoms with E-state index in [0.717, 1.165) is 5.56 Å². The number of sulfonamides is 1. The lowest BCUT2D eigenvalue weighted by Gasteiger charge is -2.31. The molecule has 1 saturated heterocycles. The molecule has 1 aliphatic rings. The summed E-state index contributed by atoms with van der Waals surface area (Å²) in [7, 11) is -3.69. The van der Waals surface area contributed by atoms with Crippen LogP contribution in [0.5, 0.6) is 0 Å². The van der Waals surface area contributed by atoms with Crippen molar-refractivity contribution in [2.45, 2.75) is 31.2 Å². The van der Waals surface area contributed by atoms with E-state index in [1.165, 1.54) is 16.4 Å². The van der Waals surface area contributed by atoms with Crippen molar-refractivity contribution in [2.75, 3.05) is 19.6 Å². The minimum Gasteiger partial charge on any atom is -0.354 e. The van der Waals surface area contributed by atoms with Gasteiger partial charge in [0.05, 0.1) is 16.7 Å². The molecule has 148 valence electrons. The van der Waals surface area contributed by atoms with Gasteiger partial charge in [-0.1, -0.05) is 12.1 Å². The molecule has 0 aliphatic carbocycles. The molecule has 1 fully saturated rings. The van der Waals surface area contributed by atoms with Gasteiger partial charge in [-0.25, -0.2) is 8.42 Å². The Labute approximate surface area is 164 Å². The van der Waals surface area contributed by atoms with Crippen LogP contribution in [-0.2, 0) is 21.4 Å². The van der Waals surface area contributed by atoms with Crippen LogP contribution in [0.15, 0.2) is 41.6 Å². The number of nitrogens with one attached hydrogen (secondary N) is 1. The zero-order chi connectivity index (χ0) is 20.1. The average Bonchev–Trinajstić information content (AvgIpc) is 3.11. The molecule has 0 atom stereocenters. The molecule has 0 radical (unpaired) electrons. The van der Waals surface area contributed by atoms with E-state index < -0.39 is 10.0 Å². The van der Waals surface area contributed by atoms with Gasteiger partial charge in [0.15, 0.2) is 0 Å². The number of rotatable bonds is 6. The van der Waals surface area contributed by atoms with E-state index in [-0.39, 0.29) is 28.8 Å².